The van der Waals surface area contributed by atoms with Gasteiger partial charge in [-0.15, -0.1) is 24.8 Å². The summed E-state index contributed by atoms with van der Waals surface area (Å²) in [6, 6.07) is 1.05. The number of fused-ring (bicyclic) bond motifs is 1. The summed E-state index contributed by atoms with van der Waals surface area (Å²) >= 11 is 0. The highest BCUT2D eigenvalue weighted by molar-refractivity contribution is 5.85. The molecule has 3 rings (SSSR count). The molecular weight excluding hydrogens is 297 g/mol. The summed E-state index contributed by atoms with van der Waals surface area (Å²) in [6.45, 7) is 7.62. The van der Waals surface area contributed by atoms with Crippen molar-refractivity contribution in [3.8, 4) is 0 Å². The van der Waals surface area contributed by atoms with Gasteiger partial charge in [-0.25, -0.2) is 0 Å². The lowest BCUT2D eigenvalue weighted by Gasteiger charge is -2.42. The summed E-state index contributed by atoms with van der Waals surface area (Å²) in [5, 5.41) is 3.35. The number of halogens is 2. The van der Waals surface area contributed by atoms with Crippen LogP contribution in [0.4, 0.5) is 0 Å². The Balaban J connectivity index is 0.000001000. The highest BCUT2D eigenvalue weighted by atomic mass is 35.5. The quantitative estimate of drug-likeness (QED) is 0.837. The standard InChI is InChI=1S/C14H25N3O.2ClH/c1-11-9-16-6-2-3-13(16)10-17(11)14(18)7-12-4-5-15-8-12;;/h11-13,15H,2-10H2,1H3;2*1H. The fraction of sp³-hybridized carbons (Fsp3) is 0.929. The molecule has 3 unspecified atom stereocenters. The van der Waals surface area contributed by atoms with Crippen molar-refractivity contribution in [2.24, 2.45) is 5.92 Å². The molecule has 0 saturated carbocycles. The van der Waals surface area contributed by atoms with Crippen molar-refractivity contribution in [1.82, 2.24) is 15.1 Å². The van der Waals surface area contributed by atoms with E-state index in [9.17, 15) is 4.79 Å². The Morgan fingerprint density at radius 2 is 2.05 bits per heavy atom. The van der Waals surface area contributed by atoms with Crippen LogP contribution in [0, 0.1) is 5.92 Å². The van der Waals surface area contributed by atoms with Gasteiger partial charge < -0.3 is 10.2 Å². The molecule has 0 aliphatic carbocycles. The molecule has 4 nitrogen and oxygen atoms in total. The van der Waals surface area contributed by atoms with Crippen molar-refractivity contribution >= 4 is 30.7 Å². The summed E-state index contributed by atoms with van der Waals surface area (Å²) in [5.74, 6) is 0.967. The topological polar surface area (TPSA) is 35.6 Å². The van der Waals surface area contributed by atoms with Gasteiger partial charge in [-0.05, 0) is 51.7 Å². The van der Waals surface area contributed by atoms with Crippen molar-refractivity contribution in [3.63, 3.8) is 0 Å². The van der Waals surface area contributed by atoms with Gasteiger partial charge in [0.1, 0.15) is 0 Å². The molecule has 0 aromatic heterocycles. The first-order valence-electron chi connectivity index (χ1n) is 7.48. The van der Waals surface area contributed by atoms with Gasteiger partial charge in [0.25, 0.3) is 0 Å². The largest absolute Gasteiger partial charge is 0.337 e. The first-order chi connectivity index (χ1) is 8.74. The number of carbonyl (C=O) groups excluding carboxylic acids is 1. The number of hydrogen-bond acceptors (Lipinski definition) is 3. The molecule has 3 saturated heterocycles. The average molecular weight is 324 g/mol. The number of carbonyl (C=O) groups is 1. The van der Waals surface area contributed by atoms with Gasteiger partial charge in [-0.1, -0.05) is 0 Å². The number of nitrogens with zero attached hydrogens (tertiary/aromatic N) is 2. The average Bonchev–Trinajstić information content (AvgIpc) is 2.98. The van der Waals surface area contributed by atoms with Crippen molar-refractivity contribution in [3.05, 3.63) is 0 Å². The molecule has 3 heterocycles. The minimum atomic E-state index is 0. The third kappa shape index (κ3) is 3.79. The second kappa shape index (κ2) is 7.83. The highest BCUT2D eigenvalue weighted by Gasteiger charge is 2.36. The van der Waals surface area contributed by atoms with Crippen LogP contribution in [0.25, 0.3) is 0 Å². The molecule has 3 aliphatic rings. The van der Waals surface area contributed by atoms with Crippen LogP contribution in [0.2, 0.25) is 0 Å². The van der Waals surface area contributed by atoms with E-state index >= 15 is 0 Å². The summed E-state index contributed by atoms with van der Waals surface area (Å²) in [5.41, 5.74) is 0. The maximum Gasteiger partial charge on any atom is 0.223 e. The molecule has 6 heteroatoms. The molecule has 1 N–H and O–H groups in total. The van der Waals surface area contributed by atoms with Crippen LogP contribution in [-0.2, 0) is 4.79 Å². The Kier molecular flexibility index (Phi) is 7.06. The van der Waals surface area contributed by atoms with Crippen LogP contribution in [0.15, 0.2) is 0 Å². The molecular formula is C14H27Cl2N3O. The molecule has 0 bridgehead atoms. The van der Waals surface area contributed by atoms with E-state index in [1.807, 2.05) is 0 Å². The van der Waals surface area contributed by atoms with Crippen molar-refractivity contribution < 1.29 is 4.79 Å². The number of rotatable bonds is 2. The lowest BCUT2D eigenvalue weighted by molar-refractivity contribution is -0.137. The Morgan fingerprint density at radius 1 is 1.25 bits per heavy atom. The maximum absolute atomic E-state index is 12.4. The van der Waals surface area contributed by atoms with E-state index in [4.69, 9.17) is 0 Å². The predicted molar refractivity (Wildman–Crippen MR) is 85.9 cm³/mol. The molecule has 3 fully saturated rings. The number of piperazine rings is 1. The molecule has 118 valence electrons. The number of hydrogen-bond donors (Lipinski definition) is 1. The maximum atomic E-state index is 12.4. The molecule has 0 radical (unpaired) electrons. The van der Waals surface area contributed by atoms with Gasteiger partial charge in [0, 0.05) is 31.6 Å². The van der Waals surface area contributed by atoms with Crippen LogP contribution in [0.1, 0.15) is 32.6 Å². The second-order valence-electron chi connectivity index (χ2n) is 6.25. The van der Waals surface area contributed by atoms with Crippen molar-refractivity contribution in [2.45, 2.75) is 44.7 Å². The van der Waals surface area contributed by atoms with E-state index in [1.54, 1.807) is 0 Å². The molecule has 0 aromatic carbocycles. The number of amides is 1. The molecule has 0 aromatic rings. The smallest absolute Gasteiger partial charge is 0.223 e. The molecule has 3 atom stereocenters. The SMILES string of the molecule is CC1CN2CCCC2CN1C(=O)CC1CCNC1.Cl.Cl. The van der Waals surface area contributed by atoms with E-state index < -0.39 is 0 Å². The third-order valence-electron chi connectivity index (χ3n) is 4.88. The first kappa shape index (κ1) is 18.0. The van der Waals surface area contributed by atoms with Crippen molar-refractivity contribution in [2.75, 3.05) is 32.7 Å². The predicted octanol–water partition coefficient (Wildman–Crippen LogP) is 1.52. The van der Waals surface area contributed by atoms with Gasteiger partial charge in [0.15, 0.2) is 0 Å². The summed E-state index contributed by atoms with van der Waals surface area (Å²) < 4.78 is 0. The first-order valence-corrected chi connectivity index (χ1v) is 7.48. The Morgan fingerprint density at radius 3 is 2.75 bits per heavy atom. The normalized spacial score (nSPS) is 33.2. The monoisotopic (exact) mass is 323 g/mol. The van der Waals surface area contributed by atoms with E-state index in [-0.39, 0.29) is 24.8 Å². The summed E-state index contributed by atoms with van der Waals surface area (Å²) in [6.07, 6.45) is 4.51. The lowest BCUT2D eigenvalue weighted by atomic mass is 10.0. The van der Waals surface area contributed by atoms with Crippen LogP contribution in [0.3, 0.4) is 0 Å². The minimum absolute atomic E-state index is 0. The summed E-state index contributed by atoms with van der Waals surface area (Å²) in [4.78, 5) is 17.2. The molecule has 3 aliphatic heterocycles. The Hall–Kier alpha value is -0.0300. The van der Waals surface area contributed by atoms with E-state index in [0.29, 0.717) is 23.9 Å². The van der Waals surface area contributed by atoms with E-state index in [0.717, 1.165) is 32.6 Å². The third-order valence-corrected chi connectivity index (χ3v) is 4.88. The zero-order valence-electron chi connectivity index (χ0n) is 12.2. The van der Waals surface area contributed by atoms with Gasteiger partial charge in [0.2, 0.25) is 5.91 Å². The zero-order chi connectivity index (χ0) is 12.5. The van der Waals surface area contributed by atoms with E-state index in [1.165, 1.54) is 25.8 Å². The Bertz CT molecular complexity index is 324. The highest BCUT2D eigenvalue weighted by Crippen LogP contribution is 2.26. The second-order valence-corrected chi connectivity index (χ2v) is 6.25. The van der Waals surface area contributed by atoms with Crippen molar-refractivity contribution in [1.29, 1.82) is 0 Å². The molecule has 1 amide bonds. The minimum Gasteiger partial charge on any atom is -0.337 e. The van der Waals surface area contributed by atoms with Crippen LogP contribution in [0.5, 0.6) is 0 Å². The van der Waals surface area contributed by atoms with Gasteiger partial charge in [-0.3, -0.25) is 9.69 Å². The fourth-order valence-corrected chi connectivity index (χ4v) is 3.79. The van der Waals surface area contributed by atoms with Gasteiger partial charge >= 0.3 is 0 Å². The molecule has 0 spiro atoms. The van der Waals surface area contributed by atoms with Gasteiger partial charge in [0.05, 0.1) is 0 Å². The fourth-order valence-electron chi connectivity index (χ4n) is 3.79. The molecule has 20 heavy (non-hydrogen) atoms. The van der Waals surface area contributed by atoms with Crippen LogP contribution < -0.4 is 5.32 Å². The van der Waals surface area contributed by atoms with Crippen LogP contribution >= 0.6 is 24.8 Å². The van der Waals surface area contributed by atoms with Crippen LogP contribution in [-0.4, -0.2) is 60.5 Å². The number of nitrogens with one attached hydrogen (secondary N) is 1. The lowest BCUT2D eigenvalue weighted by Crippen LogP contribution is -2.56. The zero-order valence-corrected chi connectivity index (χ0v) is 13.8. The summed E-state index contributed by atoms with van der Waals surface area (Å²) in [7, 11) is 0. The van der Waals surface area contributed by atoms with E-state index in [2.05, 4.69) is 22.0 Å². The van der Waals surface area contributed by atoms with Gasteiger partial charge in [-0.2, -0.15) is 0 Å². The Labute approximate surface area is 134 Å².